The van der Waals surface area contributed by atoms with Gasteiger partial charge in [0, 0.05) is 18.6 Å². The van der Waals surface area contributed by atoms with Crippen molar-refractivity contribution >= 4 is 6.09 Å². The van der Waals surface area contributed by atoms with Crippen LogP contribution in [-0.4, -0.2) is 41.5 Å². The fourth-order valence-corrected chi connectivity index (χ4v) is 1.82. The molecule has 0 radical (unpaired) electrons. The normalized spacial score (nSPS) is 25.2. The van der Waals surface area contributed by atoms with Crippen LogP contribution in [0, 0.1) is 0 Å². The Morgan fingerprint density at radius 1 is 1.39 bits per heavy atom. The molecule has 1 aliphatic carbocycles. The lowest BCUT2D eigenvalue weighted by molar-refractivity contribution is 0.0460. The van der Waals surface area contributed by atoms with Crippen molar-refractivity contribution in [3.8, 4) is 0 Å². The van der Waals surface area contributed by atoms with Gasteiger partial charge in [-0.05, 0) is 40.0 Å². The predicted molar refractivity (Wildman–Crippen MR) is 70.5 cm³/mol. The minimum Gasteiger partial charge on any atom is -0.444 e. The molecule has 0 spiro atoms. The van der Waals surface area contributed by atoms with Gasteiger partial charge in [0.25, 0.3) is 0 Å². The molecule has 1 amide bonds. The van der Waals surface area contributed by atoms with Crippen molar-refractivity contribution < 1.29 is 14.6 Å². The fraction of sp³-hybridized carbons (Fsp3) is 0.923. The van der Waals surface area contributed by atoms with Crippen LogP contribution in [0.1, 0.15) is 47.0 Å². The SMILES string of the molecule is CCC(O)CNC1CC(NC(=O)OC(C)(C)C)C1. The van der Waals surface area contributed by atoms with Crippen LogP contribution in [0.3, 0.4) is 0 Å². The highest BCUT2D eigenvalue weighted by Gasteiger charge is 2.31. The summed E-state index contributed by atoms with van der Waals surface area (Å²) in [5, 5.41) is 15.5. The first kappa shape index (κ1) is 15.2. The molecule has 0 aromatic carbocycles. The number of amides is 1. The molecule has 5 nitrogen and oxygen atoms in total. The van der Waals surface area contributed by atoms with Gasteiger partial charge >= 0.3 is 6.09 Å². The van der Waals surface area contributed by atoms with Crippen molar-refractivity contribution in [3.63, 3.8) is 0 Å². The Bertz CT molecular complexity index is 270. The van der Waals surface area contributed by atoms with Gasteiger partial charge in [0.1, 0.15) is 5.60 Å². The summed E-state index contributed by atoms with van der Waals surface area (Å²) in [5.74, 6) is 0. The lowest BCUT2D eigenvalue weighted by atomic mass is 9.87. The first-order valence-electron chi connectivity index (χ1n) is 6.71. The molecule has 1 aliphatic rings. The van der Waals surface area contributed by atoms with E-state index in [0.29, 0.717) is 12.6 Å². The molecule has 18 heavy (non-hydrogen) atoms. The van der Waals surface area contributed by atoms with E-state index < -0.39 is 5.60 Å². The largest absolute Gasteiger partial charge is 0.444 e. The molecule has 1 saturated carbocycles. The molecule has 0 bridgehead atoms. The minimum atomic E-state index is -0.448. The zero-order valence-electron chi connectivity index (χ0n) is 11.8. The third-order valence-electron chi connectivity index (χ3n) is 2.97. The molecule has 1 unspecified atom stereocenters. The molecule has 1 fully saturated rings. The summed E-state index contributed by atoms with van der Waals surface area (Å²) in [7, 11) is 0. The number of rotatable bonds is 5. The Balaban J connectivity index is 2.10. The number of ether oxygens (including phenoxy) is 1. The highest BCUT2D eigenvalue weighted by Crippen LogP contribution is 2.20. The van der Waals surface area contributed by atoms with E-state index in [4.69, 9.17) is 4.74 Å². The summed E-state index contributed by atoms with van der Waals surface area (Å²) >= 11 is 0. The summed E-state index contributed by atoms with van der Waals surface area (Å²) in [4.78, 5) is 11.5. The Kier molecular flexibility index (Phi) is 5.41. The molecule has 1 atom stereocenters. The van der Waals surface area contributed by atoms with E-state index in [1.807, 2.05) is 27.7 Å². The Labute approximate surface area is 109 Å². The lowest BCUT2D eigenvalue weighted by Gasteiger charge is -2.37. The number of carbonyl (C=O) groups is 1. The third kappa shape index (κ3) is 5.69. The van der Waals surface area contributed by atoms with Crippen LogP contribution in [0.15, 0.2) is 0 Å². The predicted octanol–water partition coefficient (Wildman–Crippen LogP) is 1.40. The maximum Gasteiger partial charge on any atom is 0.407 e. The molecule has 106 valence electrons. The summed E-state index contributed by atoms with van der Waals surface area (Å²) < 4.78 is 5.18. The van der Waals surface area contributed by atoms with Gasteiger partial charge in [0.2, 0.25) is 0 Å². The molecule has 3 N–H and O–H groups in total. The number of aliphatic hydroxyl groups excluding tert-OH is 1. The van der Waals surface area contributed by atoms with Gasteiger partial charge in [0.05, 0.1) is 6.10 Å². The van der Waals surface area contributed by atoms with Crippen LogP contribution in [0.25, 0.3) is 0 Å². The third-order valence-corrected chi connectivity index (χ3v) is 2.97. The number of aliphatic hydroxyl groups is 1. The lowest BCUT2D eigenvalue weighted by Crippen LogP contribution is -2.54. The van der Waals surface area contributed by atoms with Gasteiger partial charge in [-0.1, -0.05) is 6.92 Å². The molecular formula is C13H26N2O3. The van der Waals surface area contributed by atoms with Gasteiger partial charge in [-0.3, -0.25) is 0 Å². The number of alkyl carbamates (subject to hydrolysis) is 1. The number of nitrogens with one attached hydrogen (secondary N) is 2. The standard InChI is InChI=1S/C13H26N2O3/c1-5-11(16)8-14-9-6-10(7-9)15-12(17)18-13(2,3)4/h9-11,14,16H,5-8H2,1-4H3,(H,15,17). The monoisotopic (exact) mass is 258 g/mol. The summed E-state index contributed by atoms with van der Waals surface area (Å²) in [6.07, 6.45) is 1.94. The molecule has 0 aliphatic heterocycles. The molecule has 0 aromatic rings. The summed E-state index contributed by atoms with van der Waals surface area (Å²) in [6.45, 7) is 8.14. The van der Waals surface area contributed by atoms with Crippen LogP contribution in [0.2, 0.25) is 0 Å². The van der Waals surface area contributed by atoms with Crippen molar-refractivity contribution in [2.24, 2.45) is 0 Å². The first-order chi connectivity index (χ1) is 8.30. The van der Waals surface area contributed by atoms with Gasteiger partial charge in [0.15, 0.2) is 0 Å². The van der Waals surface area contributed by atoms with E-state index in [-0.39, 0.29) is 18.2 Å². The van der Waals surface area contributed by atoms with Crippen molar-refractivity contribution in [2.45, 2.75) is 70.7 Å². The van der Waals surface area contributed by atoms with E-state index in [9.17, 15) is 9.90 Å². The van der Waals surface area contributed by atoms with Crippen molar-refractivity contribution in [1.29, 1.82) is 0 Å². The summed E-state index contributed by atoms with van der Waals surface area (Å²) in [6, 6.07) is 0.585. The van der Waals surface area contributed by atoms with Gasteiger partial charge < -0.3 is 20.5 Å². The van der Waals surface area contributed by atoms with Crippen molar-refractivity contribution in [3.05, 3.63) is 0 Å². The van der Waals surface area contributed by atoms with Crippen LogP contribution in [0.5, 0.6) is 0 Å². The topological polar surface area (TPSA) is 70.6 Å². The average molecular weight is 258 g/mol. The second-order valence-electron chi connectivity index (χ2n) is 5.98. The van der Waals surface area contributed by atoms with E-state index in [0.717, 1.165) is 19.3 Å². The van der Waals surface area contributed by atoms with E-state index in [1.54, 1.807) is 0 Å². The molecule has 5 heteroatoms. The van der Waals surface area contributed by atoms with Gasteiger partial charge in [-0.15, -0.1) is 0 Å². The second-order valence-corrected chi connectivity index (χ2v) is 5.98. The summed E-state index contributed by atoms with van der Waals surface area (Å²) in [5.41, 5.74) is -0.448. The highest BCUT2D eigenvalue weighted by atomic mass is 16.6. The molecular weight excluding hydrogens is 232 g/mol. The second kappa shape index (κ2) is 6.38. The zero-order chi connectivity index (χ0) is 13.8. The van der Waals surface area contributed by atoms with Crippen LogP contribution in [0.4, 0.5) is 4.79 Å². The number of hydrogen-bond donors (Lipinski definition) is 3. The maximum absolute atomic E-state index is 11.5. The molecule has 1 rings (SSSR count). The van der Waals surface area contributed by atoms with E-state index in [1.165, 1.54) is 0 Å². The number of hydrogen-bond acceptors (Lipinski definition) is 4. The van der Waals surface area contributed by atoms with E-state index >= 15 is 0 Å². The van der Waals surface area contributed by atoms with Gasteiger partial charge in [-0.2, -0.15) is 0 Å². The van der Waals surface area contributed by atoms with Crippen LogP contribution in [-0.2, 0) is 4.74 Å². The molecule has 0 heterocycles. The molecule has 0 saturated heterocycles. The Morgan fingerprint density at radius 2 is 2.00 bits per heavy atom. The average Bonchev–Trinajstić information content (AvgIpc) is 2.17. The fourth-order valence-electron chi connectivity index (χ4n) is 1.82. The van der Waals surface area contributed by atoms with Crippen molar-refractivity contribution in [2.75, 3.05) is 6.54 Å². The maximum atomic E-state index is 11.5. The first-order valence-corrected chi connectivity index (χ1v) is 6.71. The van der Waals surface area contributed by atoms with Crippen LogP contribution >= 0.6 is 0 Å². The van der Waals surface area contributed by atoms with Crippen LogP contribution < -0.4 is 10.6 Å². The van der Waals surface area contributed by atoms with Crippen molar-refractivity contribution in [1.82, 2.24) is 10.6 Å². The zero-order valence-corrected chi connectivity index (χ0v) is 11.8. The highest BCUT2D eigenvalue weighted by molar-refractivity contribution is 5.68. The minimum absolute atomic E-state index is 0.191. The van der Waals surface area contributed by atoms with Gasteiger partial charge in [-0.25, -0.2) is 4.79 Å². The quantitative estimate of drug-likeness (QED) is 0.697. The molecule has 0 aromatic heterocycles. The Morgan fingerprint density at radius 3 is 2.50 bits per heavy atom. The number of carbonyl (C=O) groups excluding carboxylic acids is 1. The smallest absolute Gasteiger partial charge is 0.407 e. The Hall–Kier alpha value is -0.810. The van der Waals surface area contributed by atoms with E-state index in [2.05, 4.69) is 10.6 Å².